The molecule has 2 aromatic heterocycles. The van der Waals surface area contributed by atoms with E-state index in [1.54, 1.807) is 19.4 Å². The van der Waals surface area contributed by atoms with E-state index in [2.05, 4.69) is 20.0 Å². The number of rotatable bonds is 5. The molecule has 2 aromatic rings. The van der Waals surface area contributed by atoms with Crippen molar-refractivity contribution in [1.82, 2.24) is 24.9 Å². The van der Waals surface area contributed by atoms with Crippen molar-refractivity contribution in [2.45, 2.75) is 44.7 Å². The van der Waals surface area contributed by atoms with E-state index in [9.17, 15) is 4.79 Å². The smallest absolute Gasteiger partial charge is 0.255 e. The van der Waals surface area contributed by atoms with Crippen molar-refractivity contribution >= 4 is 5.91 Å². The molecule has 1 atom stereocenters. The molecule has 0 aromatic carbocycles. The third kappa shape index (κ3) is 3.35. The molecule has 7 nitrogen and oxygen atoms in total. The van der Waals surface area contributed by atoms with Crippen LogP contribution in [0.25, 0.3) is 0 Å². The van der Waals surface area contributed by atoms with Crippen molar-refractivity contribution in [2.75, 3.05) is 20.3 Å². The number of hydrogen-bond donors (Lipinski definition) is 0. The predicted octanol–water partition coefficient (Wildman–Crippen LogP) is 2.25. The normalized spacial score (nSPS) is 20.3. The fourth-order valence-corrected chi connectivity index (χ4v) is 4.32. The summed E-state index contributed by atoms with van der Waals surface area (Å²) in [6, 6.07) is 1.71. The Morgan fingerprint density at radius 1 is 1.27 bits per heavy atom. The lowest BCUT2D eigenvalue weighted by Crippen LogP contribution is -2.40. The van der Waals surface area contributed by atoms with Crippen LogP contribution in [0.4, 0.5) is 0 Å². The Bertz CT molecular complexity index is 755. The number of ether oxygens (including phenoxy) is 1. The largest absolute Gasteiger partial charge is 0.384 e. The summed E-state index contributed by atoms with van der Waals surface area (Å²) in [5, 5.41) is 12.2. The summed E-state index contributed by atoms with van der Waals surface area (Å²) in [5.74, 6) is 0.853. The predicted molar refractivity (Wildman–Crippen MR) is 95.6 cm³/mol. The van der Waals surface area contributed by atoms with Crippen molar-refractivity contribution in [2.24, 2.45) is 5.92 Å². The second kappa shape index (κ2) is 7.53. The fourth-order valence-electron chi connectivity index (χ4n) is 4.32. The first-order valence-corrected chi connectivity index (χ1v) is 9.35. The van der Waals surface area contributed by atoms with Gasteiger partial charge in [-0.05, 0) is 24.8 Å². The Kier molecular flexibility index (Phi) is 4.97. The Morgan fingerprint density at radius 3 is 2.85 bits per heavy atom. The highest BCUT2D eigenvalue weighted by molar-refractivity contribution is 5.94. The Labute approximate surface area is 153 Å². The standard InChI is InChI=1S/C19H25N5O2/c1-26-13-17-12-23(19(25)15-6-7-20-21-8-15)11-16-9-22-24(18(16)17)10-14-4-2-3-5-14/h6-9,14,17H,2-5,10-13H2,1H3. The summed E-state index contributed by atoms with van der Waals surface area (Å²) < 4.78 is 7.64. The van der Waals surface area contributed by atoms with Crippen LogP contribution in [0.2, 0.25) is 0 Å². The van der Waals surface area contributed by atoms with Crippen LogP contribution in [0.15, 0.2) is 24.7 Å². The van der Waals surface area contributed by atoms with Crippen LogP contribution in [0.3, 0.4) is 0 Å². The van der Waals surface area contributed by atoms with Crippen molar-refractivity contribution in [3.8, 4) is 0 Å². The van der Waals surface area contributed by atoms with E-state index in [0.717, 1.165) is 18.0 Å². The van der Waals surface area contributed by atoms with Gasteiger partial charge in [0.15, 0.2) is 0 Å². The summed E-state index contributed by atoms with van der Waals surface area (Å²) in [5.41, 5.74) is 2.94. The third-order valence-corrected chi connectivity index (χ3v) is 5.54. The summed E-state index contributed by atoms with van der Waals surface area (Å²) in [6.07, 6.45) is 10.3. The minimum Gasteiger partial charge on any atom is -0.384 e. The van der Waals surface area contributed by atoms with Crippen LogP contribution in [0.1, 0.15) is 53.2 Å². The molecule has 26 heavy (non-hydrogen) atoms. The summed E-state index contributed by atoms with van der Waals surface area (Å²) in [7, 11) is 1.71. The minimum atomic E-state index is -0.0183. The number of aromatic nitrogens is 4. The molecule has 1 unspecified atom stereocenters. The molecule has 7 heteroatoms. The molecule has 0 N–H and O–H groups in total. The Hall–Kier alpha value is -2.28. The first kappa shape index (κ1) is 17.1. The number of carbonyl (C=O) groups is 1. The van der Waals surface area contributed by atoms with Gasteiger partial charge >= 0.3 is 0 Å². The lowest BCUT2D eigenvalue weighted by atomic mass is 9.96. The Balaban J connectivity index is 1.57. The summed E-state index contributed by atoms with van der Waals surface area (Å²) in [6.45, 7) is 2.79. The van der Waals surface area contributed by atoms with Crippen LogP contribution in [-0.2, 0) is 17.8 Å². The molecule has 4 rings (SSSR count). The maximum absolute atomic E-state index is 12.8. The van der Waals surface area contributed by atoms with Gasteiger partial charge in [-0.15, -0.1) is 0 Å². The zero-order valence-corrected chi connectivity index (χ0v) is 15.2. The molecule has 2 aliphatic rings. The lowest BCUT2D eigenvalue weighted by Gasteiger charge is -2.33. The van der Waals surface area contributed by atoms with Gasteiger partial charge in [-0.2, -0.15) is 15.3 Å². The van der Waals surface area contributed by atoms with Crippen molar-refractivity contribution in [3.63, 3.8) is 0 Å². The molecular formula is C19H25N5O2. The first-order valence-electron chi connectivity index (χ1n) is 9.35. The number of hydrogen-bond acceptors (Lipinski definition) is 5. The van der Waals surface area contributed by atoms with Gasteiger partial charge in [0.2, 0.25) is 0 Å². The first-order chi connectivity index (χ1) is 12.8. The van der Waals surface area contributed by atoms with Crippen LogP contribution in [-0.4, -0.2) is 51.0 Å². The van der Waals surface area contributed by atoms with Crippen LogP contribution >= 0.6 is 0 Å². The summed E-state index contributed by atoms with van der Waals surface area (Å²) in [4.78, 5) is 14.7. The van der Waals surface area contributed by atoms with Crippen LogP contribution in [0.5, 0.6) is 0 Å². The van der Waals surface area contributed by atoms with E-state index in [1.165, 1.54) is 37.6 Å². The van der Waals surface area contributed by atoms with Crippen LogP contribution < -0.4 is 0 Å². The topological polar surface area (TPSA) is 73.1 Å². The lowest BCUT2D eigenvalue weighted by molar-refractivity contribution is 0.0674. The highest BCUT2D eigenvalue weighted by Gasteiger charge is 2.33. The van der Waals surface area contributed by atoms with Gasteiger partial charge in [0.1, 0.15) is 0 Å². The molecule has 0 radical (unpaired) electrons. The number of methoxy groups -OCH3 is 1. The fraction of sp³-hybridized carbons (Fsp3) is 0.579. The summed E-state index contributed by atoms with van der Waals surface area (Å²) >= 11 is 0. The van der Waals surface area contributed by atoms with Crippen LogP contribution in [0, 0.1) is 5.92 Å². The van der Waals surface area contributed by atoms with Gasteiger partial charge in [-0.1, -0.05) is 12.8 Å². The number of carbonyl (C=O) groups excluding carboxylic acids is 1. The van der Waals surface area contributed by atoms with Crippen molar-refractivity contribution in [1.29, 1.82) is 0 Å². The van der Waals surface area contributed by atoms with E-state index in [1.807, 2.05) is 11.1 Å². The highest BCUT2D eigenvalue weighted by Crippen LogP contribution is 2.32. The second-order valence-electron chi connectivity index (χ2n) is 7.36. The molecule has 1 aliphatic carbocycles. The van der Waals surface area contributed by atoms with E-state index in [-0.39, 0.29) is 11.8 Å². The van der Waals surface area contributed by atoms with E-state index in [0.29, 0.717) is 25.3 Å². The second-order valence-corrected chi connectivity index (χ2v) is 7.36. The monoisotopic (exact) mass is 355 g/mol. The molecule has 0 saturated heterocycles. The zero-order chi connectivity index (χ0) is 17.9. The molecule has 1 amide bonds. The molecule has 1 aliphatic heterocycles. The van der Waals surface area contributed by atoms with E-state index < -0.39 is 0 Å². The van der Waals surface area contributed by atoms with Gasteiger partial charge in [0.25, 0.3) is 5.91 Å². The highest BCUT2D eigenvalue weighted by atomic mass is 16.5. The van der Waals surface area contributed by atoms with Gasteiger partial charge in [-0.3, -0.25) is 9.48 Å². The molecule has 138 valence electrons. The zero-order valence-electron chi connectivity index (χ0n) is 15.2. The third-order valence-electron chi connectivity index (χ3n) is 5.54. The average molecular weight is 355 g/mol. The van der Waals surface area contributed by atoms with Gasteiger partial charge < -0.3 is 9.64 Å². The van der Waals surface area contributed by atoms with E-state index in [4.69, 9.17) is 4.74 Å². The molecule has 3 heterocycles. The van der Waals surface area contributed by atoms with Crippen molar-refractivity contribution < 1.29 is 9.53 Å². The molecule has 1 fully saturated rings. The van der Waals surface area contributed by atoms with Gasteiger partial charge in [0.05, 0.1) is 36.5 Å². The van der Waals surface area contributed by atoms with Gasteiger partial charge in [0, 0.05) is 38.2 Å². The molecule has 1 saturated carbocycles. The quantitative estimate of drug-likeness (QED) is 0.822. The maximum atomic E-state index is 12.8. The number of amides is 1. The molecular weight excluding hydrogens is 330 g/mol. The van der Waals surface area contributed by atoms with Gasteiger partial charge in [-0.25, -0.2) is 0 Å². The van der Waals surface area contributed by atoms with E-state index >= 15 is 0 Å². The Morgan fingerprint density at radius 2 is 2.12 bits per heavy atom. The molecule has 0 bridgehead atoms. The van der Waals surface area contributed by atoms with Crippen molar-refractivity contribution in [3.05, 3.63) is 41.5 Å². The SMILES string of the molecule is COCC1CN(C(=O)c2ccnnc2)Cc2cnn(CC3CCCC3)c21. The average Bonchev–Trinajstić information content (AvgIpc) is 3.33. The molecule has 0 spiro atoms. The number of nitrogens with zero attached hydrogens (tertiary/aromatic N) is 5. The minimum absolute atomic E-state index is 0.0183. The maximum Gasteiger partial charge on any atom is 0.255 e. The number of fused-ring (bicyclic) bond motifs is 1.